The van der Waals surface area contributed by atoms with Crippen molar-refractivity contribution in [2.24, 2.45) is 5.92 Å². The number of carbonyl (C=O) groups excluding carboxylic acids is 2. The third kappa shape index (κ3) is 3.18. The Balaban J connectivity index is 1.44. The monoisotopic (exact) mass is 328 g/mol. The van der Waals surface area contributed by atoms with Crippen molar-refractivity contribution >= 4 is 17.5 Å². The molecule has 3 fully saturated rings. The number of anilines is 1. The molecule has 1 aromatic rings. The fourth-order valence-corrected chi connectivity index (χ4v) is 3.80. The molecular weight excluding hydrogens is 304 g/mol. The SMILES string of the molecule is O=C(Nc1ccc(C(=O)N2CCOC3CCCCC32)cc1)C1CC1. The maximum absolute atomic E-state index is 12.9. The summed E-state index contributed by atoms with van der Waals surface area (Å²) in [7, 11) is 0. The molecule has 1 N–H and O–H groups in total. The number of hydrogen-bond donors (Lipinski definition) is 1. The van der Waals surface area contributed by atoms with Crippen LogP contribution in [0.25, 0.3) is 0 Å². The van der Waals surface area contributed by atoms with Crippen LogP contribution < -0.4 is 5.32 Å². The predicted octanol–water partition coefficient (Wildman–Crippen LogP) is 2.82. The topological polar surface area (TPSA) is 58.6 Å². The van der Waals surface area contributed by atoms with Crippen molar-refractivity contribution < 1.29 is 14.3 Å². The van der Waals surface area contributed by atoms with Gasteiger partial charge in [-0.1, -0.05) is 12.8 Å². The van der Waals surface area contributed by atoms with Gasteiger partial charge in [0.05, 0.1) is 18.8 Å². The van der Waals surface area contributed by atoms with Crippen LogP contribution in [0.5, 0.6) is 0 Å². The van der Waals surface area contributed by atoms with Crippen molar-refractivity contribution in [3.05, 3.63) is 29.8 Å². The molecule has 2 aliphatic carbocycles. The summed E-state index contributed by atoms with van der Waals surface area (Å²) in [4.78, 5) is 26.7. The summed E-state index contributed by atoms with van der Waals surface area (Å²) in [5, 5.41) is 2.91. The standard InChI is InChI=1S/C19H24N2O3/c22-18(13-5-6-13)20-15-9-7-14(8-10-15)19(23)21-11-12-24-17-4-2-1-3-16(17)21/h7-10,13,16-17H,1-6,11-12H2,(H,20,22). The molecule has 1 aliphatic heterocycles. The van der Waals surface area contributed by atoms with Crippen LogP contribution in [-0.4, -0.2) is 42.0 Å². The first-order valence-electron chi connectivity index (χ1n) is 9.06. The van der Waals surface area contributed by atoms with Gasteiger partial charge in [0.2, 0.25) is 5.91 Å². The van der Waals surface area contributed by atoms with Crippen molar-refractivity contribution in [3.63, 3.8) is 0 Å². The number of rotatable bonds is 3. The van der Waals surface area contributed by atoms with Gasteiger partial charge in [-0.25, -0.2) is 0 Å². The van der Waals surface area contributed by atoms with Gasteiger partial charge in [-0.2, -0.15) is 0 Å². The van der Waals surface area contributed by atoms with E-state index in [0.29, 0.717) is 18.7 Å². The number of carbonyl (C=O) groups is 2. The van der Waals surface area contributed by atoms with Gasteiger partial charge in [0.15, 0.2) is 0 Å². The van der Waals surface area contributed by atoms with Gasteiger partial charge in [-0.3, -0.25) is 9.59 Å². The van der Waals surface area contributed by atoms with Crippen LogP contribution in [0.2, 0.25) is 0 Å². The van der Waals surface area contributed by atoms with E-state index in [0.717, 1.165) is 31.4 Å². The molecule has 0 bridgehead atoms. The lowest BCUT2D eigenvalue weighted by atomic mass is 9.89. The Morgan fingerprint density at radius 2 is 1.79 bits per heavy atom. The van der Waals surface area contributed by atoms with Crippen LogP contribution in [-0.2, 0) is 9.53 Å². The number of benzene rings is 1. The van der Waals surface area contributed by atoms with Gasteiger partial charge >= 0.3 is 0 Å². The van der Waals surface area contributed by atoms with Crippen molar-refractivity contribution in [1.29, 1.82) is 0 Å². The smallest absolute Gasteiger partial charge is 0.254 e. The predicted molar refractivity (Wildman–Crippen MR) is 90.8 cm³/mol. The normalized spacial score (nSPS) is 26.6. The summed E-state index contributed by atoms with van der Waals surface area (Å²) in [5.74, 6) is 0.352. The number of nitrogens with one attached hydrogen (secondary N) is 1. The second-order valence-corrected chi connectivity index (χ2v) is 7.10. The van der Waals surface area contributed by atoms with Crippen molar-refractivity contribution in [3.8, 4) is 0 Å². The largest absolute Gasteiger partial charge is 0.374 e. The quantitative estimate of drug-likeness (QED) is 0.928. The fourth-order valence-electron chi connectivity index (χ4n) is 3.80. The van der Waals surface area contributed by atoms with E-state index in [1.54, 1.807) is 0 Å². The molecule has 0 spiro atoms. The molecule has 3 aliphatic rings. The van der Waals surface area contributed by atoms with Gasteiger partial charge in [0.1, 0.15) is 0 Å². The van der Waals surface area contributed by atoms with Crippen molar-refractivity contribution in [2.45, 2.75) is 50.7 Å². The van der Waals surface area contributed by atoms with E-state index in [9.17, 15) is 9.59 Å². The molecule has 0 radical (unpaired) electrons. The van der Waals surface area contributed by atoms with Crippen LogP contribution in [0.3, 0.4) is 0 Å². The first-order chi connectivity index (χ1) is 11.7. The highest BCUT2D eigenvalue weighted by Gasteiger charge is 2.37. The molecule has 0 aromatic heterocycles. The molecule has 4 rings (SSSR count). The number of ether oxygens (including phenoxy) is 1. The number of nitrogens with zero attached hydrogens (tertiary/aromatic N) is 1. The Kier molecular flexibility index (Phi) is 4.27. The summed E-state index contributed by atoms with van der Waals surface area (Å²) in [6.07, 6.45) is 6.63. The minimum atomic E-state index is 0.0790. The Bertz CT molecular complexity index is 622. The molecule has 24 heavy (non-hydrogen) atoms. The highest BCUT2D eigenvalue weighted by Crippen LogP contribution is 2.31. The zero-order chi connectivity index (χ0) is 16.5. The molecule has 1 heterocycles. The van der Waals surface area contributed by atoms with Crippen LogP contribution in [0, 0.1) is 5.92 Å². The lowest BCUT2D eigenvalue weighted by Gasteiger charge is -2.43. The lowest BCUT2D eigenvalue weighted by molar-refractivity contribution is -0.117. The van der Waals surface area contributed by atoms with Crippen LogP contribution in [0.4, 0.5) is 5.69 Å². The third-order valence-corrected chi connectivity index (χ3v) is 5.34. The minimum Gasteiger partial charge on any atom is -0.374 e. The Morgan fingerprint density at radius 1 is 1.04 bits per heavy atom. The Hall–Kier alpha value is -1.88. The van der Waals surface area contributed by atoms with Gasteiger partial charge < -0.3 is 15.0 Å². The molecule has 1 aromatic carbocycles. The van der Waals surface area contributed by atoms with E-state index in [2.05, 4.69) is 5.32 Å². The van der Waals surface area contributed by atoms with E-state index < -0.39 is 0 Å². The van der Waals surface area contributed by atoms with Crippen LogP contribution in [0.15, 0.2) is 24.3 Å². The highest BCUT2D eigenvalue weighted by molar-refractivity contribution is 5.97. The number of hydrogen-bond acceptors (Lipinski definition) is 3. The maximum atomic E-state index is 12.9. The fraction of sp³-hybridized carbons (Fsp3) is 0.579. The first-order valence-corrected chi connectivity index (χ1v) is 9.06. The Labute approximate surface area is 142 Å². The molecule has 2 amide bonds. The molecule has 2 unspecified atom stereocenters. The number of morpholine rings is 1. The zero-order valence-corrected chi connectivity index (χ0v) is 13.9. The van der Waals surface area contributed by atoms with Gasteiger partial charge in [-0.15, -0.1) is 0 Å². The minimum absolute atomic E-state index is 0.0790. The lowest BCUT2D eigenvalue weighted by Crippen LogP contribution is -2.54. The molecular formula is C19H24N2O3. The summed E-state index contributed by atoms with van der Waals surface area (Å²) >= 11 is 0. The van der Waals surface area contributed by atoms with Crippen molar-refractivity contribution in [1.82, 2.24) is 4.90 Å². The molecule has 2 saturated carbocycles. The molecule has 5 nitrogen and oxygen atoms in total. The summed E-state index contributed by atoms with van der Waals surface area (Å²) in [6, 6.07) is 7.50. The third-order valence-electron chi connectivity index (χ3n) is 5.34. The molecule has 1 saturated heterocycles. The van der Waals surface area contributed by atoms with Crippen molar-refractivity contribution in [2.75, 3.05) is 18.5 Å². The summed E-state index contributed by atoms with van der Waals surface area (Å²) in [5.41, 5.74) is 1.45. The van der Waals surface area contributed by atoms with E-state index in [-0.39, 0.29) is 29.9 Å². The summed E-state index contributed by atoms with van der Waals surface area (Å²) in [6.45, 7) is 1.29. The van der Waals surface area contributed by atoms with Crippen LogP contribution in [0.1, 0.15) is 48.9 Å². The average molecular weight is 328 g/mol. The summed E-state index contributed by atoms with van der Waals surface area (Å²) < 4.78 is 5.85. The number of fused-ring (bicyclic) bond motifs is 1. The molecule has 128 valence electrons. The van der Waals surface area contributed by atoms with Crippen LogP contribution >= 0.6 is 0 Å². The van der Waals surface area contributed by atoms with E-state index >= 15 is 0 Å². The second kappa shape index (κ2) is 6.55. The second-order valence-electron chi connectivity index (χ2n) is 7.10. The molecule has 5 heteroatoms. The average Bonchev–Trinajstić information content (AvgIpc) is 3.46. The van der Waals surface area contributed by atoms with Gasteiger partial charge in [-0.05, 0) is 49.9 Å². The first kappa shape index (κ1) is 15.6. The van der Waals surface area contributed by atoms with Gasteiger partial charge in [0.25, 0.3) is 5.91 Å². The highest BCUT2D eigenvalue weighted by atomic mass is 16.5. The molecule has 2 atom stereocenters. The number of amides is 2. The maximum Gasteiger partial charge on any atom is 0.254 e. The Morgan fingerprint density at radius 3 is 2.54 bits per heavy atom. The van der Waals surface area contributed by atoms with Gasteiger partial charge in [0, 0.05) is 23.7 Å². The zero-order valence-electron chi connectivity index (χ0n) is 13.9. The van der Waals surface area contributed by atoms with E-state index in [1.165, 1.54) is 12.8 Å². The van der Waals surface area contributed by atoms with E-state index in [4.69, 9.17) is 4.74 Å². The van der Waals surface area contributed by atoms with E-state index in [1.807, 2.05) is 29.2 Å².